The minimum Gasteiger partial charge on any atom is -0.329 e. The molecule has 0 radical (unpaired) electrons. The van der Waals surface area contributed by atoms with Crippen LogP contribution in [-0.4, -0.2) is 26.0 Å². The molecule has 122 valence electrons. The SMILES string of the molecule is Cl.N#Cc1cncc(S(=O)(=O)NC(CN)C2CCCCC2)c1. The first kappa shape index (κ1) is 18.8. The van der Waals surface area contributed by atoms with Gasteiger partial charge in [0.15, 0.2) is 0 Å². The molecule has 2 rings (SSSR count). The summed E-state index contributed by atoms with van der Waals surface area (Å²) in [5.74, 6) is 0.283. The van der Waals surface area contributed by atoms with E-state index < -0.39 is 10.0 Å². The lowest BCUT2D eigenvalue weighted by molar-refractivity contribution is 0.294. The molecule has 1 saturated carbocycles. The summed E-state index contributed by atoms with van der Waals surface area (Å²) >= 11 is 0. The quantitative estimate of drug-likeness (QED) is 0.842. The van der Waals surface area contributed by atoms with Crippen molar-refractivity contribution >= 4 is 22.4 Å². The second kappa shape index (κ2) is 8.44. The van der Waals surface area contributed by atoms with Crippen molar-refractivity contribution in [2.45, 2.75) is 43.0 Å². The molecule has 0 aromatic carbocycles. The van der Waals surface area contributed by atoms with Crippen molar-refractivity contribution in [2.24, 2.45) is 11.7 Å². The fraction of sp³-hybridized carbons (Fsp3) is 0.571. The number of sulfonamides is 1. The minimum atomic E-state index is -3.70. The molecule has 0 aliphatic heterocycles. The fourth-order valence-corrected chi connectivity index (χ4v) is 4.07. The van der Waals surface area contributed by atoms with Crippen LogP contribution in [0.25, 0.3) is 0 Å². The zero-order chi connectivity index (χ0) is 15.3. The number of nitriles is 1. The van der Waals surface area contributed by atoms with Gasteiger partial charge in [0.05, 0.1) is 5.56 Å². The molecule has 0 amide bonds. The van der Waals surface area contributed by atoms with Crippen molar-refractivity contribution in [3.05, 3.63) is 24.0 Å². The molecule has 0 bridgehead atoms. The van der Waals surface area contributed by atoms with Crippen molar-refractivity contribution in [1.82, 2.24) is 9.71 Å². The maximum Gasteiger partial charge on any atom is 0.242 e. The van der Waals surface area contributed by atoms with E-state index in [1.54, 1.807) is 0 Å². The predicted molar refractivity (Wildman–Crippen MR) is 85.9 cm³/mol. The van der Waals surface area contributed by atoms with Crippen molar-refractivity contribution in [3.8, 4) is 6.07 Å². The number of hydrogen-bond acceptors (Lipinski definition) is 5. The van der Waals surface area contributed by atoms with E-state index in [0.29, 0.717) is 0 Å². The van der Waals surface area contributed by atoms with Gasteiger partial charge in [0, 0.05) is 25.0 Å². The van der Waals surface area contributed by atoms with Crippen LogP contribution < -0.4 is 10.5 Å². The summed E-state index contributed by atoms with van der Waals surface area (Å²) in [5.41, 5.74) is 5.97. The van der Waals surface area contributed by atoms with Crippen molar-refractivity contribution in [3.63, 3.8) is 0 Å². The summed E-state index contributed by atoms with van der Waals surface area (Å²) in [6, 6.07) is 2.95. The minimum absolute atomic E-state index is 0. The summed E-state index contributed by atoms with van der Waals surface area (Å²) in [6.07, 6.45) is 8.03. The van der Waals surface area contributed by atoms with Crippen LogP contribution >= 0.6 is 12.4 Å². The van der Waals surface area contributed by atoms with E-state index in [0.717, 1.165) is 25.7 Å². The summed E-state index contributed by atoms with van der Waals surface area (Å²) in [5, 5.41) is 8.83. The Morgan fingerprint density at radius 1 is 1.36 bits per heavy atom. The first-order valence-corrected chi connectivity index (χ1v) is 8.62. The summed E-state index contributed by atoms with van der Waals surface area (Å²) in [4.78, 5) is 3.80. The van der Waals surface area contributed by atoms with Crippen LogP contribution in [0, 0.1) is 17.2 Å². The van der Waals surface area contributed by atoms with Gasteiger partial charge in [-0.05, 0) is 24.8 Å². The maximum atomic E-state index is 12.4. The maximum absolute atomic E-state index is 12.4. The second-order valence-corrected chi connectivity index (χ2v) is 7.10. The van der Waals surface area contributed by atoms with Gasteiger partial charge in [0.2, 0.25) is 10.0 Å². The van der Waals surface area contributed by atoms with E-state index >= 15 is 0 Å². The van der Waals surface area contributed by atoms with Crippen molar-refractivity contribution in [2.75, 3.05) is 6.54 Å². The highest BCUT2D eigenvalue weighted by molar-refractivity contribution is 7.89. The third-order valence-corrected chi connectivity index (χ3v) is 5.39. The molecular formula is C14H21ClN4O2S. The van der Waals surface area contributed by atoms with Gasteiger partial charge in [0.25, 0.3) is 0 Å². The number of halogens is 1. The average Bonchev–Trinajstić information content (AvgIpc) is 2.53. The molecule has 8 heteroatoms. The zero-order valence-corrected chi connectivity index (χ0v) is 13.9. The van der Waals surface area contributed by atoms with Gasteiger partial charge in [-0.2, -0.15) is 5.26 Å². The first-order valence-electron chi connectivity index (χ1n) is 7.14. The Labute approximate surface area is 137 Å². The third-order valence-electron chi connectivity index (χ3n) is 3.93. The molecule has 1 aromatic rings. The molecule has 1 heterocycles. The van der Waals surface area contributed by atoms with E-state index in [4.69, 9.17) is 11.0 Å². The van der Waals surface area contributed by atoms with Gasteiger partial charge in [-0.3, -0.25) is 4.98 Å². The van der Waals surface area contributed by atoms with Crippen LogP contribution in [0.4, 0.5) is 0 Å². The topological polar surface area (TPSA) is 109 Å². The van der Waals surface area contributed by atoms with E-state index in [1.807, 2.05) is 6.07 Å². The molecule has 1 unspecified atom stereocenters. The van der Waals surface area contributed by atoms with E-state index in [1.165, 1.54) is 24.9 Å². The Kier molecular flexibility index (Phi) is 7.23. The van der Waals surface area contributed by atoms with Crippen molar-refractivity contribution < 1.29 is 8.42 Å². The monoisotopic (exact) mass is 344 g/mol. The Morgan fingerprint density at radius 2 is 2.05 bits per heavy atom. The molecule has 1 aromatic heterocycles. The summed E-state index contributed by atoms with van der Waals surface area (Å²) < 4.78 is 27.5. The smallest absolute Gasteiger partial charge is 0.242 e. The Hall–Kier alpha value is -1.20. The highest BCUT2D eigenvalue weighted by atomic mass is 35.5. The molecule has 6 nitrogen and oxygen atoms in total. The molecule has 1 aliphatic rings. The van der Waals surface area contributed by atoms with Crippen LogP contribution in [0.15, 0.2) is 23.4 Å². The highest BCUT2D eigenvalue weighted by Gasteiger charge is 2.27. The number of rotatable bonds is 5. The molecule has 0 saturated heterocycles. The Morgan fingerprint density at radius 3 is 2.64 bits per heavy atom. The second-order valence-electron chi connectivity index (χ2n) is 5.38. The fourth-order valence-electron chi connectivity index (χ4n) is 2.77. The molecular weight excluding hydrogens is 324 g/mol. The van der Waals surface area contributed by atoms with Gasteiger partial charge < -0.3 is 5.73 Å². The van der Waals surface area contributed by atoms with Gasteiger partial charge >= 0.3 is 0 Å². The van der Waals surface area contributed by atoms with E-state index in [9.17, 15) is 8.42 Å². The largest absolute Gasteiger partial charge is 0.329 e. The van der Waals surface area contributed by atoms with Crippen LogP contribution in [0.1, 0.15) is 37.7 Å². The lowest BCUT2D eigenvalue weighted by Gasteiger charge is -2.29. The van der Waals surface area contributed by atoms with E-state index in [-0.39, 0.29) is 41.4 Å². The van der Waals surface area contributed by atoms with E-state index in [2.05, 4.69) is 9.71 Å². The average molecular weight is 345 g/mol. The Balaban J connectivity index is 0.00000242. The van der Waals surface area contributed by atoms with Crippen LogP contribution in [0.3, 0.4) is 0 Å². The highest BCUT2D eigenvalue weighted by Crippen LogP contribution is 2.27. The van der Waals surface area contributed by atoms with Gasteiger partial charge in [0.1, 0.15) is 11.0 Å². The summed E-state index contributed by atoms with van der Waals surface area (Å²) in [7, 11) is -3.70. The summed E-state index contributed by atoms with van der Waals surface area (Å²) in [6.45, 7) is 0.273. The number of nitrogens with two attached hydrogens (primary N) is 1. The van der Waals surface area contributed by atoms with Crippen molar-refractivity contribution in [1.29, 1.82) is 5.26 Å². The number of aromatic nitrogens is 1. The standard InChI is InChI=1S/C14H20N4O2S.ClH/c15-7-11-6-13(10-17-9-11)21(19,20)18-14(8-16)12-4-2-1-3-5-12;/h6,9-10,12,14,18H,1-5,8,16H2;1H. The normalized spacial score (nSPS) is 17.3. The molecule has 1 aliphatic carbocycles. The molecule has 1 fully saturated rings. The van der Waals surface area contributed by atoms with Crippen LogP contribution in [-0.2, 0) is 10.0 Å². The zero-order valence-electron chi connectivity index (χ0n) is 12.2. The number of nitrogens with one attached hydrogen (secondary N) is 1. The molecule has 0 spiro atoms. The van der Waals surface area contributed by atoms with Gasteiger partial charge in [-0.1, -0.05) is 19.3 Å². The Bertz CT molecular complexity index is 624. The molecule has 22 heavy (non-hydrogen) atoms. The lowest BCUT2D eigenvalue weighted by Crippen LogP contribution is -2.45. The van der Waals surface area contributed by atoms with Crippen LogP contribution in [0.2, 0.25) is 0 Å². The molecule has 1 atom stereocenters. The molecule has 3 N–H and O–H groups in total. The van der Waals surface area contributed by atoms with Gasteiger partial charge in [-0.25, -0.2) is 13.1 Å². The number of pyridine rings is 1. The predicted octanol–water partition coefficient (Wildman–Crippen LogP) is 1.56. The lowest BCUT2D eigenvalue weighted by atomic mass is 9.84. The number of nitrogens with zero attached hydrogens (tertiary/aromatic N) is 2. The van der Waals surface area contributed by atoms with Crippen LogP contribution in [0.5, 0.6) is 0 Å². The third kappa shape index (κ3) is 4.65. The first-order chi connectivity index (χ1) is 10.1. The van der Waals surface area contributed by atoms with Gasteiger partial charge in [-0.15, -0.1) is 12.4 Å². The number of hydrogen-bond donors (Lipinski definition) is 2.